The molecule has 0 aliphatic heterocycles. The zero-order chi connectivity index (χ0) is 27.6. The highest BCUT2D eigenvalue weighted by atomic mass is 32.1. The van der Waals surface area contributed by atoms with E-state index in [0.717, 1.165) is 53.9 Å². The minimum absolute atomic E-state index is 0.343. The van der Waals surface area contributed by atoms with Gasteiger partial charge in [-0.05, 0) is 109 Å². The lowest BCUT2D eigenvalue weighted by molar-refractivity contribution is -0.0468. The van der Waals surface area contributed by atoms with Gasteiger partial charge in [0.05, 0.1) is 0 Å². The van der Waals surface area contributed by atoms with Gasteiger partial charge in [-0.3, -0.25) is 5.43 Å². The number of allylic oxidation sites excluding steroid dienone is 2. The maximum atomic E-state index is 5.42. The molecule has 0 aromatic heterocycles. The second-order valence-electron chi connectivity index (χ2n) is 14.2. The predicted octanol–water partition coefficient (Wildman–Crippen LogP) is 9.38. The van der Waals surface area contributed by atoms with Crippen LogP contribution in [0.3, 0.4) is 0 Å². The molecular formula is C35H51N3S. The van der Waals surface area contributed by atoms with E-state index in [2.05, 4.69) is 51.1 Å². The Morgan fingerprint density at radius 3 is 2.62 bits per heavy atom. The summed E-state index contributed by atoms with van der Waals surface area (Å²) in [6, 6.07) is 10.1. The largest absolute Gasteiger partial charge is 0.252 e. The number of fused-ring (bicyclic) bond motifs is 5. The van der Waals surface area contributed by atoms with Crippen LogP contribution >= 0.6 is 12.2 Å². The molecule has 3 saturated carbocycles. The molecule has 1 aromatic rings. The van der Waals surface area contributed by atoms with Crippen molar-refractivity contribution in [3.8, 4) is 0 Å². The van der Waals surface area contributed by atoms with E-state index in [-0.39, 0.29) is 0 Å². The summed E-state index contributed by atoms with van der Waals surface area (Å²) in [5.41, 5.74) is 7.87. The van der Waals surface area contributed by atoms with Crippen LogP contribution in [0.25, 0.3) is 0 Å². The smallest absolute Gasteiger partial charge is 0.213 e. The summed E-state index contributed by atoms with van der Waals surface area (Å²) in [5, 5.41) is 5.15. The summed E-state index contributed by atoms with van der Waals surface area (Å²) in [6.07, 6.45) is 19.0. The van der Waals surface area contributed by atoms with Gasteiger partial charge in [0.1, 0.15) is 0 Å². The summed E-state index contributed by atoms with van der Waals surface area (Å²) in [4.78, 5) is 4.38. The van der Waals surface area contributed by atoms with Crippen molar-refractivity contribution < 1.29 is 0 Å². The van der Waals surface area contributed by atoms with Crippen LogP contribution in [0.4, 0.5) is 0 Å². The number of nitrogens with zero attached hydrogens (tertiary/aromatic N) is 2. The van der Waals surface area contributed by atoms with E-state index in [0.29, 0.717) is 15.9 Å². The number of hydrogen-bond donors (Lipinski definition) is 1. The van der Waals surface area contributed by atoms with Crippen LogP contribution < -0.4 is 5.43 Å². The standard InChI is InChI=1S/C35H51N3S/c1-24(2)10-9-11-25(3)30-16-17-31-29-15-14-27-22-28(18-20-34(27,4)32(29)19-21-35(30,31)5)37-38-33(39)36-23-26-12-7-6-8-13-26/h6-8,12-14,23-25,29-32H,9-11,15-22H2,1-5H3,(H,38,39)/b36-23+,37-28+/t25-,29?,30-,31?,32?,34+,35-/m1/s1. The van der Waals surface area contributed by atoms with E-state index in [4.69, 9.17) is 17.3 Å². The Hall–Kier alpha value is -1.81. The van der Waals surface area contributed by atoms with Crippen LogP contribution in [0.15, 0.2) is 52.1 Å². The first-order valence-electron chi connectivity index (χ1n) is 15.8. The third-order valence-electron chi connectivity index (χ3n) is 11.6. The van der Waals surface area contributed by atoms with Crippen LogP contribution in [0, 0.1) is 46.3 Å². The Morgan fingerprint density at radius 1 is 1.05 bits per heavy atom. The molecule has 1 N–H and O–H groups in total. The zero-order valence-electron chi connectivity index (χ0n) is 25.1. The lowest BCUT2D eigenvalue weighted by atomic mass is 9.47. The first kappa shape index (κ1) is 28.7. The molecule has 39 heavy (non-hydrogen) atoms. The molecule has 3 unspecified atom stereocenters. The van der Waals surface area contributed by atoms with Gasteiger partial charge in [0.25, 0.3) is 0 Å². The molecule has 0 saturated heterocycles. The molecule has 4 aliphatic rings. The molecule has 0 spiro atoms. The number of hydrazone groups is 1. The lowest BCUT2D eigenvalue weighted by Gasteiger charge is -2.58. The number of rotatable bonds is 7. The first-order chi connectivity index (χ1) is 18.7. The van der Waals surface area contributed by atoms with Crippen LogP contribution in [-0.2, 0) is 0 Å². The maximum Gasteiger partial charge on any atom is 0.213 e. The van der Waals surface area contributed by atoms with Gasteiger partial charge in [-0.2, -0.15) is 5.10 Å². The Labute approximate surface area is 243 Å². The molecule has 3 nitrogen and oxygen atoms in total. The van der Waals surface area contributed by atoms with Gasteiger partial charge in [0.2, 0.25) is 5.11 Å². The van der Waals surface area contributed by atoms with Gasteiger partial charge >= 0.3 is 0 Å². The van der Waals surface area contributed by atoms with Crippen molar-refractivity contribution >= 4 is 29.3 Å². The highest BCUT2D eigenvalue weighted by molar-refractivity contribution is 7.80. The van der Waals surface area contributed by atoms with E-state index in [1.807, 2.05) is 30.3 Å². The Morgan fingerprint density at radius 2 is 1.85 bits per heavy atom. The van der Waals surface area contributed by atoms with Crippen molar-refractivity contribution in [2.45, 2.75) is 105 Å². The lowest BCUT2D eigenvalue weighted by Crippen LogP contribution is -2.50. The van der Waals surface area contributed by atoms with Crippen molar-refractivity contribution in [1.29, 1.82) is 0 Å². The van der Waals surface area contributed by atoms with E-state index < -0.39 is 0 Å². The third kappa shape index (κ3) is 5.97. The fraction of sp³-hybridized carbons (Fsp3) is 0.686. The normalized spacial score (nSPS) is 35.8. The van der Waals surface area contributed by atoms with Gasteiger partial charge in [0.15, 0.2) is 0 Å². The van der Waals surface area contributed by atoms with Crippen molar-refractivity contribution in [2.24, 2.45) is 56.4 Å². The Balaban J connectivity index is 1.22. The molecule has 3 fully saturated rings. The number of thiocarbonyl (C=S) groups is 1. The molecule has 0 bridgehead atoms. The van der Waals surface area contributed by atoms with Crippen LogP contribution in [0.2, 0.25) is 0 Å². The van der Waals surface area contributed by atoms with Crippen molar-refractivity contribution in [1.82, 2.24) is 5.43 Å². The van der Waals surface area contributed by atoms with Gasteiger partial charge in [0, 0.05) is 18.3 Å². The van der Waals surface area contributed by atoms with Gasteiger partial charge < -0.3 is 0 Å². The van der Waals surface area contributed by atoms with E-state index in [1.165, 1.54) is 63.5 Å². The van der Waals surface area contributed by atoms with Crippen LogP contribution in [0.1, 0.15) is 111 Å². The highest BCUT2D eigenvalue weighted by Gasteiger charge is 2.58. The minimum Gasteiger partial charge on any atom is -0.252 e. The zero-order valence-corrected chi connectivity index (χ0v) is 25.9. The van der Waals surface area contributed by atoms with Gasteiger partial charge in [-0.25, -0.2) is 4.99 Å². The second kappa shape index (κ2) is 12.0. The third-order valence-corrected chi connectivity index (χ3v) is 11.8. The SMILES string of the molecule is CC(C)CCC[C@@H](C)[C@H]1CCC2C3CC=C4C/C(=N/NC(=S)/N=C/c5ccccc5)CC[C@]4(C)C3CC[C@@]21C. The van der Waals surface area contributed by atoms with E-state index in [9.17, 15) is 0 Å². The molecule has 4 aliphatic carbocycles. The number of benzene rings is 1. The summed E-state index contributed by atoms with van der Waals surface area (Å²) in [7, 11) is 0. The topological polar surface area (TPSA) is 36.8 Å². The monoisotopic (exact) mass is 545 g/mol. The Kier molecular flexibility index (Phi) is 8.81. The molecule has 0 heterocycles. The summed E-state index contributed by atoms with van der Waals surface area (Å²) in [6.45, 7) is 12.6. The van der Waals surface area contributed by atoms with Crippen molar-refractivity contribution in [3.63, 3.8) is 0 Å². The molecule has 4 heteroatoms. The first-order valence-corrected chi connectivity index (χ1v) is 16.3. The number of hydrogen-bond acceptors (Lipinski definition) is 2. The average molecular weight is 546 g/mol. The predicted molar refractivity (Wildman–Crippen MR) is 170 cm³/mol. The molecule has 1 aromatic carbocycles. The minimum atomic E-state index is 0.343. The molecule has 0 radical (unpaired) electrons. The Bertz CT molecular complexity index is 1100. The van der Waals surface area contributed by atoms with Crippen LogP contribution in [0.5, 0.6) is 0 Å². The fourth-order valence-electron chi connectivity index (χ4n) is 9.44. The van der Waals surface area contributed by atoms with Gasteiger partial charge in [-0.15, -0.1) is 0 Å². The highest BCUT2D eigenvalue weighted by Crippen LogP contribution is 2.67. The molecular weight excluding hydrogens is 494 g/mol. The van der Waals surface area contributed by atoms with E-state index in [1.54, 1.807) is 11.8 Å². The number of aliphatic imine (C=N–C) groups is 1. The van der Waals surface area contributed by atoms with Crippen molar-refractivity contribution in [3.05, 3.63) is 47.5 Å². The van der Waals surface area contributed by atoms with E-state index >= 15 is 0 Å². The van der Waals surface area contributed by atoms with Gasteiger partial charge in [-0.1, -0.05) is 95.9 Å². The summed E-state index contributed by atoms with van der Waals surface area (Å²) < 4.78 is 0. The second-order valence-corrected chi connectivity index (χ2v) is 14.6. The molecule has 5 rings (SSSR count). The number of nitrogens with one attached hydrogen (secondary N) is 1. The quantitative estimate of drug-likeness (QED) is 0.160. The summed E-state index contributed by atoms with van der Waals surface area (Å²) >= 11 is 5.42. The average Bonchev–Trinajstić information content (AvgIpc) is 3.28. The fourth-order valence-corrected chi connectivity index (χ4v) is 9.54. The molecule has 0 amide bonds. The molecule has 212 valence electrons. The van der Waals surface area contributed by atoms with Crippen LogP contribution in [-0.4, -0.2) is 17.0 Å². The molecule has 7 atom stereocenters. The van der Waals surface area contributed by atoms with Crippen molar-refractivity contribution in [2.75, 3.05) is 0 Å². The summed E-state index contributed by atoms with van der Waals surface area (Å²) in [5.74, 6) is 5.28. The maximum absolute atomic E-state index is 5.42.